The van der Waals surface area contributed by atoms with E-state index in [2.05, 4.69) is 23.6 Å². The number of nitrogens with zero attached hydrogens (tertiary/aromatic N) is 2. The quantitative estimate of drug-likeness (QED) is 0.786. The molecule has 3 nitrogen and oxygen atoms in total. The number of aliphatic hydroxyl groups is 1. The molecular formula is C13H26N2O. The van der Waals surface area contributed by atoms with Crippen molar-refractivity contribution in [3.63, 3.8) is 0 Å². The summed E-state index contributed by atoms with van der Waals surface area (Å²) < 4.78 is 0. The first-order valence-electron chi connectivity index (χ1n) is 6.77. The van der Waals surface area contributed by atoms with Crippen molar-refractivity contribution in [2.75, 3.05) is 19.6 Å². The van der Waals surface area contributed by atoms with Gasteiger partial charge in [0.2, 0.25) is 0 Å². The third-order valence-corrected chi connectivity index (χ3v) is 4.13. The summed E-state index contributed by atoms with van der Waals surface area (Å²) in [5.74, 6) is 0. The summed E-state index contributed by atoms with van der Waals surface area (Å²) in [6, 6.07) is 2.11. The molecule has 3 atom stereocenters. The van der Waals surface area contributed by atoms with Crippen molar-refractivity contribution in [3.05, 3.63) is 0 Å². The van der Waals surface area contributed by atoms with E-state index >= 15 is 0 Å². The summed E-state index contributed by atoms with van der Waals surface area (Å²) in [6.45, 7) is 9.78. The third-order valence-electron chi connectivity index (χ3n) is 4.13. The molecule has 3 heteroatoms. The van der Waals surface area contributed by atoms with Crippen LogP contribution in [0.25, 0.3) is 0 Å². The number of piperidine rings is 1. The van der Waals surface area contributed by atoms with E-state index in [1.54, 1.807) is 0 Å². The molecule has 2 fully saturated rings. The van der Waals surface area contributed by atoms with Crippen molar-refractivity contribution in [1.82, 2.24) is 9.80 Å². The summed E-state index contributed by atoms with van der Waals surface area (Å²) in [4.78, 5) is 5.17. The molecule has 2 aliphatic heterocycles. The van der Waals surface area contributed by atoms with E-state index < -0.39 is 0 Å². The fourth-order valence-electron chi connectivity index (χ4n) is 3.52. The van der Waals surface area contributed by atoms with Gasteiger partial charge in [-0.3, -0.25) is 9.80 Å². The van der Waals surface area contributed by atoms with Gasteiger partial charge in [-0.05, 0) is 46.6 Å². The van der Waals surface area contributed by atoms with Crippen LogP contribution in [0.2, 0.25) is 0 Å². The number of likely N-dealkylation sites (tertiary alicyclic amines) is 2. The molecule has 0 spiro atoms. The molecule has 2 aliphatic rings. The lowest BCUT2D eigenvalue weighted by Gasteiger charge is -2.41. The maximum atomic E-state index is 9.54. The summed E-state index contributed by atoms with van der Waals surface area (Å²) in [5.41, 5.74) is 0. The lowest BCUT2D eigenvalue weighted by atomic mass is 9.96. The topological polar surface area (TPSA) is 26.7 Å². The lowest BCUT2D eigenvalue weighted by molar-refractivity contribution is 0.0458. The van der Waals surface area contributed by atoms with Gasteiger partial charge in [0.15, 0.2) is 0 Å². The minimum atomic E-state index is -0.188. The molecule has 0 aliphatic carbocycles. The van der Waals surface area contributed by atoms with Crippen LogP contribution in [0.15, 0.2) is 0 Å². The minimum absolute atomic E-state index is 0.188. The minimum Gasteiger partial charge on any atom is -0.392 e. The Balaban J connectivity index is 2.00. The van der Waals surface area contributed by atoms with Gasteiger partial charge >= 0.3 is 0 Å². The van der Waals surface area contributed by atoms with Gasteiger partial charge < -0.3 is 5.11 Å². The van der Waals surface area contributed by atoms with E-state index in [0.29, 0.717) is 12.1 Å². The zero-order valence-electron chi connectivity index (χ0n) is 10.9. The Hall–Kier alpha value is -0.120. The Bertz CT molecular complexity index is 230. The Morgan fingerprint density at radius 3 is 2.50 bits per heavy atom. The number of hydrogen-bond donors (Lipinski definition) is 1. The predicted molar refractivity (Wildman–Crippen MR) is 66.5 cm³/mol. The first-order valence-corrected chi connectivity index (χ1v) is 6.77. The monoisotopic (exact) mass is 226 g/mol. The fourth-order valence-corrected chi connectivity index (χ4v) is 3.52. The van der Waals surface area contributed by atoms with Crippen LogP contribution < -0.4 is 0 Å². The molecule has 0 bridgehead atoms. The zero-order chi connectivity index (χ0) is 11.7. The highest BCUT2D eigenvalue weighted by atomic mass is 16.3. The molecule has 0 aromatic rings. The maximum Gasteiger partial charge on any atom is 0.0639 e. The van der Waals surface area contributed by atoms with E-state index in [1.165, 1.54) is 32.4 Å². The highest BCUT2D eigenvalue weighted by Gasteiger charge is 2.40. The van der Waals surface area contributed by atoms with Crippen molar-refractivity contribution >= 4 is 0 Å². The largest absolute Gasteiger partial charge is 0.392 e. The summed E-state index contributed by atoms with van der Waals surface area (Å²) >= 11 is 0. The molecule has 2 heterocycles. The van der Waals surface area contributed by atoms with Crippen LogP contribution in [-0.2, 0) is 0 Å². The van der Waals surface area contributed by atoms with Crippen molar-refractivity contribution < 1.29 is 5.11 Å². The Morgan fingerprint density at radius 2 is 1.88 bits per heavy atom. The highest BCUT2D eigenvalue weighted by Crippen LogP contribution is 2.31. The van der Waals surface area contributed by atoms with Crippen molar-refractivity contribution in [1.29, 1.82) is 0 Å². The Morgan fingerprint density at radius 1 is 1.12 bits per heavy atom. The van der Waals surface area contributed by atoms with Crippen LogP contribution in [0.1, 0.15) is 40.0 Å². The average molecular weight is 226 g/mol. The Kier molecular flexibility index (Phi) is 3.88. The van der Waals surface area contributed by atoms with Gasteiger partial charge in [-0.1, -0.05) is 0 Å². The fraction of sp³-hybridized carbons (Fsp3) is 1.00. The standard InChI is InChI=1S/C13H26N2O/c1-10(2)15-8-6-12-13(15)5-4-7-14(12)9-11(3)16/h10-13,16H,4-9H2,1-3H3. The van der Waals surface area contributed by atoms with Gasteiger partial charge in [-0.2, -0.15) is 0 Å². The first-order chi connectivity index (χ1) is 7.59. The van der Waals surface area contributed by atoms with E-state index in [-0.39, 0.29) is 6.10 Å². The van der Waals surface area contributed by atoms with E-state index in [4.69, 9.17) is 0 Å². The molecule has 94 valence electrons. The number of fused-ring (bicyclic) bond motifs is 1. The van der Waals surface area contributed by atoms with Gasteiger partial charge in [0, 0.05) is 31.2 Å². The maximum absolute atomic E-state index is 9.54. The molecule has 0 radical (unpaired) electrons. The second-order valence-corrected chi connectivity index (χ2v) is 5.74. The van der Waals surface area contributed by atoms with E-state index in [0.717, 1.165) is 12.6 Å². The molecule has 3 unspecified atom stereocenters. The SMILES string of the molecule is CC(O)CN1CCCC2C1CCN2C(C)C. The van der Waals surface area contributed by atoms with Gasteiger partial charge in [-0.15, -0.1) is 0 Å². The van der Waals surface area contributed by atoms with Gasteiger partial charge in [-0.25, -0.2) is 0 Å². The highest BCUT2D eigenvalue weighted by molar-refractivity contribution is 4.97. The third kappa shape index (κ3) is 2.41. The molecular weight excluding hydrogens is 200 g/mol. The molecule has 0 aromatic carbocycles. The number of β-amino-alcohol motifs (C(OH)–C–C–N with tert-alkyl or cyclic N) is 1. The second kappa shape index (κ2) is 5.03. The van der Waals surface area contributed by atoms with Crippen LogP contribution in [0, 0.1) is 0 Å². The summed E-state index contributed by atoms with van der Waals surface area (Å²) in [7, 11) is 0. The zero-order valence-corrected chi connectivity index (χ0v) is 10.9. The van der Waals surface area contributed by atoms with Crippen LogP contribution in [0.3, 0.4) is 0 Å². The van der Waals surface area contributed by atoms with E-state index in [9.17, 15) is 5.11 Å². The van der Waals surface area contributed by atoms with Gasteiger partial charge in [0.1, 0.15) is 0 Å². The van der Waals surface area contributed by atoms with Crippen LogP contribution in [-0.4, -0.2) is 58.8 Å². The molecule has 2 rings (SSSR count). The van der Waals surface area contributed by atoms with E-state index in [1.807, 2.05) is 6.92 Å². The smallest absolute Gasteiger partial charge is 0.0639 e. The summed E-state index contributed by atoms with van der Waals surface area (Å²) in [5, 5.41) is 9.54. The first kappa shape index (κ1) is 12.3. The summed E-state index contributed by atoms with van der Waals surface area (Å²) in [6.07, 6.45) is 3.73. The normalized spacial score (nSPS) is 34.3. The van der Waals surface area contributed by atoms with Crippen molar-refractivity contribution in [2.24, 2.45) is 0 Å². The van der Waals surface area contributed by atoms with Crippen molar-refractivity contribution in [3.8, 4) is 0 Å². The van der Waals surface area contributed by atoms with Crippen molar-refractivity contribution in [2.45, 2.75) is 64.3 Å². The number of aliphatic hydroxyl groups excluding tert-OH is 1. The molecule has 0 saturated carbocycles. The van der Waals surface area contributed by atoms with Crippen LogP contribution >= 0.6 is 0 Å². The number of rotatable bonds is 3. The lowest BCUT2D eigenvalue weighted by Crippen LogP contribution is -2.52. The predicted octanol–water partition coefficient (Wildman–Crippen LogP) is 1.31. The van der Waals surface area contributed by atoms with Gasteiger partial charge in [0.25, 0.3) is 0 Å². The number of hydrogen-bond acceptors (Lipinski definition) is 3. The molecule has 1 N–H and O–H groups in total. The Labute approximate surface area is 99.4 Å². The molecule has 0 amide bonds. The van der Waals surface area contributed by atoms with Gasteiger partial charge in [0.05, 0.1) is 6.10 Å². The van der Waals surface area contributed by atoms with Crippen LogP contribution in [0.5, 0.6) is 0 Å². The molecule has 0 aromatic heterocycles. The average Bonchev–Trinajstić information content (AvgIpc) is 2.61. The molecule has 2 saturated heterocycles. The molecule has 16 heavy (non-hydrogen) atoms. The van der Waals surface area contributed by atoms with Crippen LogP contribution in [0.4, 0.5) is 0 Å². The second-order valence-electron chi connectivity index (χ2n) is 5.74.